The lowest BCUT2D eigenvalue weighted by Gasteiger charge is -2.17. The molecule has 0 saturated heterocycles. The number of nitrogen functional groups attached to an aromatic ring is 1. The van der Waals surface area contributed by atoms with Gasteiger partial charge in [0.1, 0.15) is 16.5 Å². The molecular weight excluding hydrogens is 281 g/mol. The molecule has 0 spiro atoms. The zero-order valence-corrected chi connectivity index (χ0v) is 11.6. The SMILES string of the molecule is CN(Cc1ccccc1F)S(=O)(=O)c1ccc(N)nc1. The van der Waals surface area contributed by atoms with E-state index in [4.69, 9.17) is 5.73 Å². The second-order valence-electron chi connectivity index (χ2n) is 4.27. The lowest BCUT2D eigenvalue weighted by atomic mass is 10.2. The Balaban J connectivity index is 2.26. The number of hydrogen-bond acceptors (Lipinski definition) is 4. The Hall–Kier alpha value is -1.99. The Morgan fingerprint density at radius 2 is 1.95 bits per heavy atom. The standard InChI is InChI=1S/C13H14FN3O2S/c1-17(9-10-4-2-3-5-12(10)14)20(18,19)11-6-7-13(15)16-8-11/h2-8H,9H2,1H3,(H2,15,16). The third-order valence-electron chi connectivity index (χ3n) is 2.82. The average molecular weight is 295 g/mol. The topological polar surface area (TPSA) is 76.3 Å². The maximum absolute atomic E-state index is 13.5. The van der Waals surface area contributed by atoms with Crippen molar-refractivity contribution in [2.45, 2.75) is 11.4 Å². The van der Waals surface area contributed by atoms with Gasteiger partial charge in [0.15, 0.2) is 0 Å². The molecule has 2 rings (SSSR count). The minimum absolute atomic E-state index is 0.0190. The van der Waals surface area contributed by atoms with E-state index in [1.54, 1.807) is 18.2 Å². The Labute approximate surface area is 116 Å². The monoisotopic (exact) mass is 295 g/mol. The Morgan fingerprint density at radius 1 is 1.25 bits per heavy atom. The van der Waals surface area contributed by atoms with Crippen molar-refractivity contribution in [1.82, 2.24) is 9.29 Å². The fourth-order valence-electron chi connectivity index (χ4n) is 1.68. The third-order valence-corrected chi connectivity index (χ3v) is 4.61. The highest BCUT2D eigenvalue weighted by Crippen LogP contribution is 2.17. The summed E-state index contributed by atoms with van der Waals surface area (Å²) in [6.45, 7) is -0.0562. The molecule has 0 aliphatic carbocycles. The fourth-order valence-corrected chi connectivity index (χ4v) is 2.77. The summed E-state index contributed by atoms with van der Waals surface area (Å²) in [5.41, 5.74) is 5.73. The summed E-state index contributed by atoms with van der Waals surface area (Å²) in [6, 6.07) is 8.82. The molecule has 7 heteroatoms. The van der Waals surface area contributed by atoms with E-state index in [9.17, 15) is 12.8 Å². The first-order valence-corrected chi connectivity index (χ1v) is 7.26. The molecule has 0 unspecified atom stereocenters. The molecule has 5 nitrogen and oxygen atoms in total. The molecule has 0 amide bonds. The lowest BCUT2D eigenvalue weighted by Crippen LogP contribution is -2.27. The van der Waals surface area contributed by atoms with Crippen molar-refractivity contribution in [3.8, 4) is 0 Å². The quantitative estimate of drug-likeness (QED) is 0.930. The molecule has 0 saturated carbocycles. The molecule has 1 aromatic heterocycles. The van der Waals surface area contributed by atoms with Crippen LogP contribution in [-0.2, 0) is 16.6 Å². The van der Waals surface area contributed by atoms with Crippen molar-refractivity contribution in [2.75, 3.05) is 12.8 Å². The van der Waals surface area contributed by atoms with Gasteiger partial charge in [-0.05, 0) is 18.2 Å². The molecule has 1 aromatic carbocycles. The van der Waals surface area contributed by atoms with Crippen molar-refractivity contribution in [3.63, 3.8) is 0 Å². The van der Waals surface area contributed by atoms with Gasteiger partial charge in [0, 0.05) is 25.4 Å². The summed E-state index contributed by atoms with van der Waals surface area (Å²) < 4.78 is 39.2. The van der Waals surface area contributed by atoms with E-state index in [0.29, 0.717) is 5.56 Å². The number of benzene rings is 1. The molecular formula is C13H14FN3O2S. The Kier molecular flexibility index (Phi) is 4.01. The second kappa shape index (κ2) is 5.56. The van der Waals surface area contributed by atoms with E-state index in [0.717, 1.165) is 4.31 Å². The van der Waals surface area contributed by atoms with Crippen LogP contribution in [0.25, 0.3) is 0 Å². The summed E-state index contributed by atoms with van der Waals surface area (Å²) in [5.74, 6) is -0.203. The van der Waals surface area contributed by atoms with Crippen LogP contribution in [-0.4, -0.2) is 24.8 Å². The number of anilines is 1. The van der Waals surface area contributed by atoms with Gasteiger partial charge < -0.3 is 5.73 Å². The van der Waals surface area contributed by atoms with Gasteiger partial charge >= 0.3 is 0 Å². The van der Waals surface area contributed by atoms with Gasteiger partial charge in [0.2, 0.25) is 10.0 Å². The first kappa shape index (κ1) is 14.4. The zero-order valence-electron chi connectivity index (χ0n) is 10.8. The van der Waals surface area contributed by atoms with Crippen LogP contribution in [0.1, 0.15) is 5.56 Å². The predicted molar refractivity (Wildman–Crippen MR) is 73.7 cm³/mol. The van der Waals surface area contributed by atoms with E-state index in [2.05, 4.69) is 4.98 Å². The number of nitrogens with zero attached hydrogens (tertiary/aromatic N) is 2. The van der Waals surface area contributed by atoms with Crippen LogP contribution in [0.3, 0.4) is 0 Å². The number of sulfonamides is 1. The number of halogens is 1. The van der Waals surface area contributed by atoms with Gasteiger partial charge in [-0.2, -0.15) is 4.31 Å². The second-order valence-corrected chi connectivity index (χ2v) is 6.32. The smallest absolute Gasteiger partial charge is 0.244 e. The van der Waals surface area contributed by atoms with Crippen LogP contribution in [0.2, 0.25) is 0 Å². The summed E-state index contributed by atoms with van der Waals surface area (Å²) in [7, 11) is -2.34. The molecule has 0 aliphatic heterocycles. The summed E-state index contributed by atoms with van der Waals surface area (Å²) in [6.07, 6.45) is 1.18. The minimum atomic E-state index is -3.72. The lowest BCUT2D eigenvalue weighted by molar-refractivity contribution is 0.456. The molecule has 0 fully saturated rings. The molecule has 2 aromatic rings. The predicted octanol–water partition coefficient (Wildman–Crippen LogP) is 1.62. The number of nitrogens with two attached hydrogens (primary N) is 1. The molecule has 2 N–H and O–H groups in total. The number of rotatable bonds is 4. The van der Waals surface area contributed by atoms with Gasteiger partial charge in [-0.25, -0.2) is 17.8 Å². The minimum Gasteiger partial charge on any atom is -0.384 e. The first-order chi connectivity index (χ1) is 9.41. The number of hydrogen-bond donors (Lipinski definition) is 1. The highest BCUT2D eigenvalue weighted by molar-refractivity contribution is 7.89. The van der Waals surface area contributed by atoms with Crippen LogP contribution >= 0.6 is 0 Å². The summed E-state index contributed by atoms with van der Waals surface area (Å²) in [5, 5.41) is 0. The third kappa shape index (κ3) is 2.94. The Bertz CT molecular complexity index is 702. The molecule has 106 valence electrons. The number of aromatic nitrogens is 1. The summed E-state index contributed by atoms with van der Waals surface area (Å²) >= 11 is 0. The van der Waals surface area contributed by atoms with Gasteiger partial charge in [-0.3, -0.25) is 0 Å². The van der Waals surface area contributed by atoms with Crippen LogP contribution in [0.15, 0.2) is 47.5 Å². The van der Waals surface area contributed by atoms with Crippen molar-refractivity contribution >= 4 is 15.8 Å². The molecule has 20 heavy (non-hydrogen) atoms. The molecule has 1 heterocycles. The molecule has 0 atom stereocenters. The van der Waals surface area contributed by atoms with Crippen molar-refractivity contribution in [3.05, 3.63) is 54.0 Å². The average Bonchev–Trinajstić information content (AvgIpc) is 2.41. The van der Waals surface area contributed by atoms with Crippen LogP contribution in [0.4, 0.5) is 10.2 Å². The maximum atomic E-state index is 13.5. The molecule has 0 bridgehead atoms. The van der Waals surface area contributed by atoms with E-state index in [1.807, 2.05) is 0 Å². The van der Waals surface area contributed by atoms with Gasteiger partial charge in [-0.15, -0.1) is 0 Å². The zero-order chi connectivity index (χ0) is 14.8. The van der Waals surface area contributed by atoms with E-state index in [-0.39, 0.29) is 17.3 Å². The van der Waals surface area contributed by atoms with Crippen molar-refractivity contribution in [2.24, 2.45) is 0 Å². The summed E-state index contributed by atoms with van der Waals surface area (Å²) in [4.78, 5) is 3.77. The normalized spacial score (nSPS) is 11.8. The van der Waals surface area contributed by atoms with Gasteiger partial charge in [0.25, 0.3) is 0 Å². The fraction of sp³-hybridized carbons (Fsp3) is 0.154. The van der Waals surface area contributed by atoms with E-state index >= 15 is 0 Å². The van der Waals surface area contributed by atoms with Gasteiger partial charge in [-0.1, -0.05) is 18.2 Å². The van der Waals surface area contributed by atoms with E-state index in [1.165, 1.54) is 31.4 Å². The van der Waals surface area contributed by atoms with Gasteiger partial charge in [0.05, 0.1) is 0 Å². The molecule has 0 aliphatic rings. The first-order valence-electron chi connectivity index (χ1n) is 5.82. The largest absolute Gasteiger partial charge is 0.384 e. The highest BCUT2D eigenvalue weighted by Gasteiger charge is 2.22. The van der Waals surface area contributed by atoms with Crippen LogP contribution < -0.4 is 5.73 Å². The van der Waals surface area contributed by atoms with Crippen molar-refractivity contribution < 1.29 is 12.8 Å². The van der Waals surface area contributed by atoms with E-state index < -0.39 is 15.8 Å². The maximum Gasteiger partial charge on any atom is 0.244 e. The van der Waals surface area contributed by atoms with Crippen LogP contribution in [0, 0.1) is 5.82 Å². The highest BCUT2D eigenvalue weighted by atomic mass is 32.2. The Morgan fingerprint density at radius 3 is 2.55 bits per heavy atom. The van der Waals surface area contributed by atoms with Crippen molar-refractivity contribution in [1.29, 1.82) is 0 Å². The number of pyridine rings is 1. The molecule has 0 radical (unpaired) electrons. The van der Waals surface area contributed by atoms with Crippen LogP contribution in [0.5, 0.6) is 0 Å².